The number of carbonyl (C=O) groups is 2. The van der Waals surface area contributed by atoms with Gasteiger partial charge >= 0.3 is 5.97 Å². The van der Waals surface area contributed by atoms with Crippen LogP contribution >= 0.6 is 0 Å². The largest absolute Gasteiger partial charge is 0.494 e. The van der Waals surface area contributed by atoms with Crippen LogP contribution in [0.1, 0.15) is 41.3 Å². The normalized spacial score (nSPS) is 15.9. The molecule has 4 aromatic rings. The first-order valence-electron chi connectivity index (χ1n) is 13.1. The van der Waals surface area contributed by atoms with Crippen LogP contribution in [0.15, 0.2) is 77.8 Å². The van der Waals surface area contributed by atoms with Crippen LogP contribution in [0.25, 0.3) is 10.9 Å². The van der Waals surface area contributed by atoms with Crippen molar-refractivity contribution in [2.75, 3.05) is 32.1 Å². The van der Waals surface area contributed by atoms with Crippen LogP contribution in [-0.2, 0) is 9.53 Å². The minimum Gasteiger partial charge on any atom is -0.494 e. The fourth-order valence-corrected chi connectivity index (χ4v) is 5.13. The van der Waals surface area contributed by atoms with Gasteiger partial charge in [-0.3, -0.25) is 4.79 Å². The molecular formula is C31H32N4O4. The summed E-state index contributed by atoms with van der Waals surface area (Å²) in [4.78, 5) is 36.8. The topological polar surface area (TPSA) is 98.2 Å². The molecule has 2 N–H and O–H groups in total. The average Bonchev–Trinajstić information content (AvgIpc) is 3.45. The molecule has 0 aliphatic carbocycles. The van der Waals surface area contributed by atoms with E-state index < -0.39 is 5.97 Å². The second-order valence-electron chi connectivity index (χ2n) is 9.89. The molecule has 2 heterocycles. The number of aromatic nitrogens is 1. The molecular weight excluding hydrogens is 492 g/mol. The third-order valence-corrected chi connectivity index (χ3v) is 6.84. The SMILES string of the molecule is CCOC(=O)c1ccc2c(C(=Nc3ccc(N4C(=O)CCC4CN(C)C)cc3)c3ccccc3)c(O)[nH]c2c1. The van der Waals surface area contributed by atoms with Gasteiger partial charge in [0.15, 0.2) is 5.88 Å². The van der Waals surface area contributed by atoms with E-state index in [4.69, 9.17) is 9.73 Å². The van der Waals surface area contributed by atoms with Crippen molar-refractivity contribution in [1.29, 1.82) is 0 Å². The lowest BCUT2D eigenvalue weighted by molar-refractivity contribution is -0.117. The smallest absolute Gasteiger partial charge is 0.338 e. The lowest BCUT2D eigenvalue weighted by Gasteiger charge is -2.27. The first-order chi connectivity index (χ1) is 18.9. The summed E-state index contributed by atoms with van der Waals surface area (Å²) in [6, 6.07) is 22.6. The molecule has 1 atom stereocenters. The molecule has 5 rings (SSSR count). The van der Waals surface area contributed by atoms with Gasteiger partial charge in [0.25, 0.3) is 0 Å². The Morgan fingerprint density at radius 3 is 2.51 bits per heavy atom. The van der Waals surface area contributed by atoms with E-state index in [1.54, 1.807) is 25.1 Å². The number of amides is 1. The Bertz CT molecular complexity index is 1520. The van der Waals surface area contributed by atoms with E-state index in [9.17, 15) is 14.7 Å². The lowest BCUT2D eigenvalue weighted by Crippen LogP contribution is -2.39. The minimum atomic E-state index is -0.420. The molecule has 1 saturated heterocycles. The Hall–Kier alpha value is -4.43. The summed E-state index contributed by atoms with van der Waals surface area (Å²) in [6.45, 7) is 2.85. The van der Waals surface area contributed by atoms with Crippen molar-refractivity contribution in [3.63, 3.8) is 0 Å². The molecule has 39 heavy (non-hydrogen) atoms. The second kappa shape index (κ2) is 11.1. The van der Waals surface area contributed by atoms with Gasteiger partial charge in [-0.05, 0) is 63.8 Å². The predicted octanol–water partition coefficient (Wildman–Crippen LogP) is 5.28. The van der Waals surface area contributed by atoms with Crippen molar-refractivity contribution in [1.82, 2.24) is 9.88 Å². The summed E-state index contributed by atoms with van der Waals surface area (Å²) in [6.07, 6.45) is 1.39. The maximum atomic E-state index is 12.7. The van der Waals surface area contributed by atoms with Crippen molar-refractivity contribution in [3.05, 3.63) is 89.5 Å². The summed E-state index contributed by atoms with van der Waals surface area (Å²) in [5, 5.41) is 11.7. The maximum absolute atomic E-state index is 12.7. The molecule has 8 nitrogen and oxygen atoms in total. The summed E-state index contributed by atoms with van der Waals surface area (Å²) in [5.41, 5.74) is 4.49. The van der Waals surface area contributed by atoms with E-state index in [-0.39, 0.29) is 24.4 Å². The average molecular weight is 525 g/mol. The van der Waals surface area contributed by atoms with Crippen LogP contribution in [0.3, 0.4) is 0 Å². The highest BCUT2D eigenvalue weighted by atomic mass is 16.5. The number of aliphatic imine (C=N–C) groups is 1. The molecule has 0 radical (unpaired) electrons. The van der Waals surface area contributed by atoms with Gasteiger partial charge in [0.1, 0.15) is 0 Å². The van der Waals surface area contributed by atoms with Crippen LogP contribution < -0.4 is 4.90 Å². The summed E-state index contributed by atoms with van der Waals surface area (Å²) < 4.78 is 5.12. The fourth-order valence-electron chi connectivity index (χ4n) is 5.13. The highest BCUT2D eigenvalue weighted by Gasteiger charge is 2.32. The highest BCUT2D eigenvalue weighted by molar-refractivity contribution is 6.22. The summed E-state index contributed by atoms with van der Waals surface area (Å²) >= 11 is 0. The molecule has 3 aromatic carbocycles. The van der Waals surface area contributed by atoms with Crippen molar-refractivity contribution >= 4 is 39.9 Å². The van der Waals surface area contributed by atoms with Crippen molar-refractivity contribution in [2.24, 2.45) is 4.99 Å². The van der Waals surface area contributed by atoms with Crippen molar-refractivity contribution in [2.45, 2.75) is 25.8 Å². The number of H-pyrrole nitrogens is 1. The Morgan fingerprint density at radius 2 is 1.82 bits per heavy atom. The van der Waals surface area contributed by atoms with Crippen LogP contribution in [0.5, 0.6) is 5.88 Å². The zero-order valence-electron chi connectivity index (χ0n) is 22.3. The molecule has 8 heteroatoms. The van der Waals surface area contributed by atoms with Crippen LogP contribution in [-0.4, -0.2) is 65.9 Å². The Balaban J connectivity index is 1.55. The molecule has 0 saturated carbocycles. The quantitative estimate of drug-likeness (QED) is 0.242. The number of nitrogens with zero attached hydrogens (tertiary/aromatic N) is 3. The van der Waals surface area contributed by atoms with Gasteiger partial charge in [0.2, 0.25) is 5.91 Å². The van der Waals surface area contributed by atoms with Gasteiger partial charge in [-0.25, -0.2) is 9.79 Å². The number of likely N-dealkylation sites (N-methyl/N-ethyl adjacent to an activating group) is 1. The van der Waals surface area contributed by atoms with Crippen LogP contribution in [0.4, 0.5) is 11.4 Å². The number of esters is 1. The predicted molar refractivity (Wildman–Crippen MR) is 153 cm³/mol. The van der Waals surface area contributed by atoms with E-state index in [0.717, 1.165) is 29.6 Å². The number of anilines is 1. The summed E-state index contributed by atoms with van der Waals surface area (Å²) in [7, 11) is 4.03. The first kappa shape index (κ1) is 26.2. The number of nitrogens with one attached hydrogen (secondary N) is 1. The molecule has 1 aliphatic heterocycles. The number of hydrogen-bond donors (Lipinski definition) is 2. The molecule has 1 fully saturated rings. The minimum absolute atomic E-state index is 0.0422. The van der Waals surface area contributed by atoms with Gasteiger partial charge in [-0.1, -0.05) is 36.4 Å². The zero-order valence-corrected chi connectivity index (χ0v) is 22.3. The van der Waals surface area contributed by atoms with E-state index in [1.807, 2.05) is 73.6 Å². The van der Waals surface area contributed by atoms with Crippen molar-refractivity contribution < 1.29 is 19.4 Å². The van der Waals surface area contributed by atoms with Crippen LogP contribution in [0.2, 0.25) is 0 Å². The third kappa shape index (κ3) is 5.42. The number of carbonyl (C=O) groups excluding carboxylic acids is 2. The van der Waals surface area contributed by atoms with Gasteiger partial charge in [-0.15, -0.1) is 0 Å². The maximum Gasteiger partial charge on any atom is 0.338 e. The van der Waals surface area contributed by atoms with Gasteiger partial charge in [0, 0.05) is 35.1 Å². The van der Waals surface area contributed by atoms with E-state index in [2.05, 4.69) is 9.88 Å². The number of ether oxygens (including phenoxy) is 1. The molecule has 0 spiro atoms. The third-order valence-electron chi connectivity index (χ3n) is 6.84. The Kier molecular flexibility index (Phi) is 7.47. The van der Waals surface area contributed by atoms with Crippen LogP contribution in [0, 0.1) is 0 Å². The Labute approximate surface area is 227 Å². The van der Waals surface area contributed by atoms with E-state index in [0.29, 0.717) is 34.5 Å². The lowest BCUT2D eigenvalue weighted by atomic mass is 10.00. The summed E-state index contributed by atoms with van der Waals surface area (Å²) in [5.74, 6) is -0.329. The number of hydrogen-bond acceptors (Lipinski definition) is 6. The monoisotopic (exact) mass is 524 g/mol. The Morgan fingerprint density at radius 1 is 1.08 bits per heavy atom. The molecule has 1 amide bonds. The number of rotatable bonds is 8. The van der Waals surface area contributed by atoms with Gasteiger partial charge in [-0.2, -0.15) is 0 Å². The van der Waals surface area contributed by atoms with Gasteiger partial charge < -0.3 is 24.6 Å². The molecule has 1 aromatic heterocycles. The highest BCUT2D eigenvalue weighted by Crippen LogP contribution is 2.33. The number of benzene rings is 3. The molecule has 200 valence electrons. The second-order valence-corrected chi connectivity index (χ2v) is 9.89. The fraction of sp³-hybridized carbons (Fsp3) is 0.258. The molecule has 1 aliphatic rings. The van der Waals surface area contributed by atoms with E-state index in [1.165, 1.54) is 0 Å². The zero-order chi connectivity index (χ0) is 27.5. The molecule has 0 bridgehead atoms. The number of fused-ring (bicyclic) bond motifs is 1. The standard InChI is InChI=1S/C31H32N4O4/c1-4-39-31(38)21-10-16-25-26(18-21)33-30(37)28(25)29(20-8-6-5-7-9-20)32-22-11-13-23(14-12-22)35-24(19-34(2)3)15-17-27(35)36/h5-14,16,18,24,33,37H,4,15,17,19H2,1-3H3. The molecule has 1 unspecified atom stereocenters. The van der Waals surface area contributed by atoms with E-state index >= 15 is 0 Å². The van der Waals surface area contributed by atoms with Gasteiger partial charge in [0.05, 0.1) is 35.2 Å². The van der Waals surface area contributed by atoms with Crippen molar-refractivity contribution in [3.8, 4) is 5.88 Å². The number of aromatic amines is 1. The first-order valence-corrected chi connectivity index (χ1v) is 13.1. The number of aromatic hydroxyl groups is 1.